The first-order chi connectivity index (χ1) is 9.04. The highest BCUT2D eigenvalue weighted by Gasteiger charge is 2.10. The maximum absolute atomic E-state index is 12.3. The molecule has 0 saturated heterocycles. The molecule has 0 aliphatic rings. The average molecular weight is 337 g/mol. The van der Waals surface area contributed by atoms with Crippen LogP contribution in [0.3, 0.4) is 0 Å². The third-order valence-electron chi connectivity index (χ3n) is 2.69. The molecule has 1 rings (SSSR count). The fourth-order valence-electron chi connectivity index (χ4n) is 1.63. The number of anilines is 1. The summed E-state index contributed by atoms with van der Waals surface area (Å²) in [4.78, 5) is 1.54. The summed E-state index contributed by atoms with van der Waals surface area (Å²) in [5, 5.41) is 3.24. The SMILES string of the molecule is COCCNCc1ccc(N(C)CC(F)F)cc1Br. The van der Waals surface area contributed by atoms with Crippen LogP contribution in [0.25, 0.3) is 0 Å². The molecule has 0 amide bonds. The lowest BCUT2D eigenvalue weighted by atomic mass is 10.2. The largest absolute Gasteiger partial charge is 0.383 e. The van der Waals surface area contributed by atoms with Gasteiger partial charge in [-0.3, -0.25) is 0 Å². The van der Waals surface area contributed by atoms with Crippen molar-refractivity contribution in [1.29, 1.82) is 0 Å². The van der Waals surface area contributed by atoms with Gasteiger partial charge >= 0.3 is 0 Å². The van der Waals surface area contributed by atoms with Crippen molar-refractivity contribution in [2.45, 2.75) is 13.0 Å². The predicted molar refractivity (Wildman–Crippen MR) is 77.0 cm³/mol. The second-order valence-electron chi connectivity index (χ2n) is 4.22. The maximum Gasteiger partial charge on any atom is 0.255 e. The number of hydrogen-bond acceptors (Lipinski definition) is 3. The van der Waals surface area contributed by atoms with Crippen LogP contribution in [0.5, 0.6) is 0 Å². The zero-order chi connectivity index (χ0) is 14.3. The number of ether oxygens (including phenoxy) is 1. The molecule has 108 valence electrons. The maximum atomic E-state index is 12.3. The minimum Gasteiger partial charge on any atom is -0.383 e. The van der Waals surface area contributed by atoms with Gasteiger partial charge in [0.05, 0.1) is 13.2 Å². The van der Waals surface area contributed by atoms with E-state index >= 15 is 0 Å². The summed E-state index contributed by atoms with van der Waals surface area (Å²) in [5.41, 5.74) is 1.86. The Morgan fingerprint density at radius 1 is 1.42 bits per heavy atom. The van der Waals surface area contributed by atoms with Gasteiger partial charge in [-0.25, -0.2) is 8.78 Å². The van der Waals surface area contributed by atoms with E-state index in [2.05, 4.69) is 21.2 Å². The number of rotatable bonds is 8. The third kappa shape index (κ3) is 5.84. The molecule has 0 aliphatic heterocycles. The van der Waals surface area contributed by atoms with Crippen molar-refractivity contribution in [1.82, 2.24) is 5.32 Å². The number of nitrogens with one attached hydrogen (secondary N) is 1. The molecular formula is C13H19BrF2N2O. The lowest BCUT2D eigenvalue weighted by molar-refractivity contribution is 0.156. The Hall–Kier alpha value is -0.720. The van der Waals surface area contributed by atoms with Crippen molar-refractivity contribution < 1.29 is 13.5 Å². The van der Waals surface area contributed by atoms with Crippen LogP contribution in [0, 0.1) is 0 Å². The Morgan fingerprint density at radius 3 is 2.74 bits per heavy atom. The molecule has 0 heterocycles. The molecule has 0 saturated carbocycles. The van der Waals surface area contributed by atoms with Crippen LogP contribution in [-0.2, 0) is 11.3 Å². The first-order valence-electron chi connectivity index (χ1n) is 6.02. The molecule has 0 radical (unpaired) electrons. The van der Waals surface area contributed by atoms with Gasteiger partial charge in [0.2, 0.25) is 0 Å². The van der Waals surface area contributed by atoms with Crippen LogP contribution < -0.4 is 10.2 Å². The predicted octanol–water partition coefficient (Wildman–Crippen LogP) is 2.89. The van der Waals surface area contributed by atoms with Crippen molar-refractivity contribution in [2.24, 2.45) is 0 Å². The van der Waals surface area contributed by atoms with Gasteiger partial charge in [0.25, 0.3) is 6.43 Å². The highest BCUT2D eigenvalue weighted by molar-refractivity contribution is 9.10. The van der Waals surface area contributed by atoms with Crippen LogP contribution >= 0.6 is 15.9 Å². The Labute approximate surface area is 121 Å². The molecule has 1 aromatic carbocycles. The molecular weight excluding hydrogens is 318 g/mol. The number of halogens is 3. The minimum atomic E-state index is -2.33. The average Bonchev–Trinajstić information content (AvgIpc) is 2.35. The van der Waals surface area contributed by atoms with Crippen molar-refractivity contribution in [3.8, 4) is 0 Å². The summed E-state index contributed by atoms with van der Waals surface area (Å²) in [6.07, 6.45) is -2.33. The summed E-state index contributed by atoms with van der Waals surface area (Å²) in [6.45, 7) is 1.88. The standard InChI is InChI=1S/C13H19BrF2N2O/c1-18(9-13(15)16)11-4-3-10(12(14)7-11)8-17-5-6-19-2/h3-4,7,13,17H,5-6,8-9H2,1-2H3. The molecule has 3 nitrogen and oxygen atoms in total. The van der Waals surface area contributed by atoms with Crippen molar-refractivity contribution in [2.75, 3.05) is 38.8 Å². The highest BCUT2D eigenvalue weighted by Crippen LogP contribution is 2.24. The highest BCUT2D eigenvalue weighted by atomic mass is 79.9. The molecule has 0 bridgehead atoms. The smallest absolute Gasteiger partial charge is 0.255 e. The molecule has 0 atom stereocenters. The molecule has 0 fully saturated rings. The normalized spacial score (nSPS) is 11.1. The topological polar surface area (TPSA) is 24.5 Å². The summed E-state index contributed by atoms with van der Waals surface area (Å²) in [6, 6.07) is 5.64. The minimum absolute atomic E-state index is 0.266. The van der Waals surface area contributed by atoms with Gasteiger partial charge < -0.3 is 15.0 Å². The van der Waals surface area contributed by atoms with Crippen LogP contribution in [0.1, 0.15) is 5.56 Å². The number of methoxy groups -OCH3 is 1. The zero-order valence-electron chi connectivity index (χ0n) is 11.1. The number of alkyl halides is 2. The van der Waals surface area contributed by atoms with Crippen LogP contribution in [0.4, 0.5) is 14.5 Å². The molecule has 0 aliphatic carbocycles. The van der Waals surface area contributed by atoms with Crippen molar-refractivity contribution >= 4 is 21.6 Å². The van der Waals surface area contributed by atoms with E-state index in [1.165, 1.54) is 4.90 Å². The van der Waals surface area contributed by atoms with Crippen molar-refractivity contribution in [3.63, 3.8) is 0 Å². The van der Waals surface area contributed by atoms with E-state index in [0.29, 0.717) is 13.2 Å². The van der Waals surface area contributed by atoms with Crippen LogP contribution in [0.15, 0.2) is 22.7 Å². The number of nitrogens with zero attached hydrogens (tertiary/aromatic N) is 1. The Bertz CT molecular complexity index is 391. The van der Waals surface area contributed by atoms with Crippen molar-refractivity contribution in [3.05, 3.63) is 28.2 Å². The Balaban J connectivity index is 2.58. The van der Waals surface area contributed by atoms with E-state index in [4.69, 9.17) is 4.74 Å². The summed E-state index contributed by atoms with van der Waals surface area (Å²) < 4.78 is 30.5. The molecule has 0 spiro atoms. The van der Waals surface area contributed by atoms with Crippen LogP contribution in [-0.4, -0.2) is 40.3 Å². The first kappa shape index (κ1) is 16.3. The van der Waals surface area contributed by atoms with E-state index in [1.54, 1.807) is 14.2 Å². The third-order valence-corrected chi connectivity index (χ3v) is 3.43. The quantitative estimate of drug-likeness (QED) is 0.739. The van der Waals surface area contributed by atoms with E-state index < -0.39 is 6.43 Å². The Kier molecular flexibility index (Phi) is 7.27. The lowest BCUT2D eigenvalue weighted by Crippen LogP contribution is -2.24. The zero-order valence-corrected chi connectivity index (χ0v) is 12.7. The van der Waals surface area contributed by atoms with Gasteiger partial charge in [-0.15, -0.1) is 0 Å². The molecule has 19 heavy (non-hydrogen) atoms. The van der Waals surface area contributed by atoms with Crippen LogP contribution in [0.2, 0.25) is 0 Å². The van der Waals surface area contributed by atoms with Gasteiger partial charge in [0.1, 0.15) is 0 Å². The number of benzene rings is 1. The fraction of sp³-hybridized carbons (Fsp3) is 0.538. The fourth-order valence-corrected chi connectivity index (χ4v) is 2.13. The van der Waals surface area contributed by atoms with Gasteiger partial charge in [-0.2, -0.15) is 0 Å². The van der Waals surface area contributed by atoms with E-state index in [0.717, 1.165) is 22.3 Å². The first-order valence-corrected chi connectivity index (χ1v) is 6.81. The lowest BCUT2D eigenvalue weighted by Gasteiger charge is -2.19. The summed E-state index contributed by atoms with van der Waals surface area (Å²) in [7, 11) is 3.32. The monoisotopic (exact) mass is 336 g/mol. The molecule has 0 unspecified atom stereocenters. The van der Waals surface area contributed by atoms with Gasteiger partial charge in [0, 0.05) is 37.4 Å². The van der Waals surface area contributed by atoms with E-state index in [9.17, 15) is 8.78 Å². The van der Waals surface area contributed by atoms with E-state index in [1.807, 2.05) is 18.2 Å². The van der Waals surface area contributed by atoms with Gasteiger partial charge in [-0.1, -0.05) is 22.0 Å². The molecule has 1 aromatic rings. The summed E-state index contributed by atoms with van der Waals surface area (Å²) in [5.74, 6) is 0. The second-order valence-corrected chi connectivity index (χ2v) is 5.07. The van der Waals surface area contributed by atoms with Gasteiger partial charge in [0.15, 0.2) is 0 Å². The summed E-state index contributed by atoms with van der Waals surface area (Å²) >= 11 is 3.47. The molecule has 6 heteroatoms. The molecule has 1 N–H and O–H groups in total. The van der Waals surface area contributed by atoms with E-state index in [-0.39, 0.29) is 6.54 Å². The van der Waals surface area contributed by atoms with Gasteiger partial charge in [-0.05, 0) is 17.7 Å². The number of hydrogen-bond donors (Lipinski definition) is 1. The Morgan fingerprint density at radius 2 is 2.16 bits per heavy atom. The molecule has 0 aromatic heterocycles. The second kappa shape index (κ2) is 8.45.